The van der Waals surface area contributed by atoms with Gasteiger partial charge in [0.2, 0.25) is 9.84 Å². The lowest BCUT2D eigenvalue weighted by atomic mass is 10.4. The Morgan fingerprint density at radius 3 is 2.59 bits per heavy atom. The Kier molecular flexibility index (Phi) is 4.55. The Bertz CT molecular complexity index is 580. The van der Waals surface area contributed by atoms with E-state index >= 15 is 0 Å². The molecule has 0 aromatic heterocycles. The minimum absolute atomic E-state index is 0.0381. The van der Waals surface area contributed by atoms with Crippen molar-refractivity contribution < 1.29 is 8.42 Å². The van der Waals surface area contributed by atoms with Crippen LogP contribution in [0.5, 0.6) is 0 Å². The molecule has 0 aliphatic heterocycles. The van der Waals surface area contributed by atoms with Gasteiger partial charge in [0.1, 0.15) is 0 Å². The van der Waals surface area contributed by atoms with Crippen LogP contribution in [-0.2, 0) is 9.84 Å². The van der Waals surface area contributed by atoms with Crippen LogP contribution < -0.4 is 0 Å². The molecule has 1 aromatic carbocycles. The predicted molar refractivity (Wildman–Crippen MR) is 64.9 cm³/mol. The highest BCUT2D eigenvalue weighted by Gasteiger charge is 2.19. The topological polar surface area (TPSA) is 82.9 Å². The molecule has 5 nitrogen and oxygen atoms in total. The smallest absolute Gasteiger partial charge is 0.209 e. The zero-order valence-corrected chi connectivity index (χ0v) is 9.89. The molecule has 0 fully saturated rings. The summed E-state index contributed by atoms with van der Waals surface area (Å²) in [5.41, 5.74) is 10.5. The minimum atomic E-state index is -3.57. The van der Waals surface area contributed by atoms with Crippen molar-refractivity contribution in [3.63, 3.8) is 0 Å². The maximum atomic E-state index is 12.1. The quantitative estimate of drug-likeness (QED) is 0.348. The molecule has 88 valence electrons. The van der Waals surface area contributed by atoms with E-state index in [0.717, 1.165) is 0 Å². The second kappa shape index (κ2) is 5.92. The van der Waals surface area contributed by atoms with E-state index in [-0.39, 0.29) is 22.8 Å². The SMILES string of the molecule is C=C=C(CCN=[N+]=[N-])S(=O)(=O)c1ccccc1. The molecule has 0 saturated heterocycles. The van der Waals surface area contributed by atoms with E-state index in [1.54, 1.807) is 18.2 Å². The highest BCUT2D eigenvalue weighted by atomic mass is 32.2. The molecule has 0 unspecified atom stereocenters. The zero-order chi connectivity index (χ0) is 12.7. The third kappa shape index (κ3) is 3.23. The maximum absolute atomic E-state index is 12.1. The number of azide groups is 1. The molecular weight excluding hydrogens is 238 g/mol. The number of sulfone groups is 1. The summed E-state index contributed by atoms with van der Waals surface area (Å²) < 4.78 is 24.2. The van der Waals surface area contributed by atoms with Gasteiger partial charge in [-0.25, -0.2) is 8.42 Å². The number of rotatable bonds is 5. The van der Waals surface area contributed by atoms with Gasteiger partial charge in [-0.15, -0.1) is 5.73 Å². The van der Waals surface area contributed by atoms with Crippen LogP contribution in [0.4, 0.5) is 0 Å². The predicted octanol–water partition coefficient (Wildman–Crippen LogP) is 2.83. The Morgan fingerprint density at radius 1 is 1.41 bits per heavy atom. The fraction of sp³-hybridized carbons (Fsp3) is 0.182. The van der Waals surface area contributed by atoms with Crippen molar-refractivity contribution in [2.45, 2.75) is 11.3 Å². The first kappa shape index (κ1) is 13.1. The van der Waals surface area contributed by atoms with Crippen LogP contribution in [0, 0.1) is 0 Å². The molecule has 1 rings (SSSR count). The van der Waals surface area contributed by atoms with Crippen molar-refractivity contribution in [1.82, 2.24) is 0 Å². The van der Waals surface area contributed by atoms with Gasteiger partial charge in [0, 0.05) is 11.5 Å². The van der Waals surface area contributed by atoms with Crippen LogP contribution in [0.3, 0.4) is 0 Å². The van der Waals surface area contributed by atoms with Gasteiger partial charge in [0.25, 0.3) is 0 Å². The lowest BCUT2D eigenvalue weighted by Gasteiger charge is -2.05. The van der Waals surface area contributed by atoms with E-state index in [1.165, 1.54) is 12.1 Å². The Hall–Kier alpha value is -2.00. The molecular formula is C11H11N3O2S. The van der Waals surface area contributed by atoms with Crippen LogP contribution in [0.2, 0.25) is 0 Å². The Labute approximate surface area is 99.6 Å². The average Bonchev–Trinajstić information content (AvgIpc) is 2.35. The van der Waals surface area contributed by atoms with Gasteiger partial charge in [0.05, 0.1) is 9.80 Å². The lowest BCUT2D eigenvalue weighted by molar-refractivity contribution is 0.600. The molecule has 0 aliphatic rings. The van der Waals surface area contributed by atoms with Gasteiger partial charge in [-0.2, -0.15) is 0 Å². The van der Waals surface area contributed by atoms with Gasteiger partial charge in [-0.1, -0.05) is 29.9 Å². The summed E-state index contributed by atoms with van der Waals surface area (Å²) in [5, 5.41) is 3.29. The van der Waals surface area contributed by atoms with Gasteiger partial charge >= 0.3 is 0 Å². The number of hydrogen-bond donors (Lipinski definition) is 0. The summed E-state index contributed by atoms with van der Waals surface area (Å²) in [4.78, 5) is 2.79. The van der Waals surface area contributed by atoms with Crippen molar-refractivity contribution in [3.8, 4) is 0 Å². The molecule has 0 bridgehead atoms. The van der Waals surface area contributed by atoms with Gasteiger partial charge < -0.3 is 0 Å². The van der Waals surface area contributed by atoms with Crippen molar-refractivity contribution in [2.75, 3.05) is 6.54 Å². The van der Waals surface area contributed by atoms with E-state index in [1.807, 2.05) is 0 Å². The van der Waals surface area contributed by atoms with Gasteiger partial charge in [-0.3, -0.25) is 0 Å². The molecule has 0 amide bonds. The molecule has 0 radical (unpaired) electrons. The van der Waals surface area contributed by atoms with Gasteiger partial charge in [-0.05, 0) is 24.1 Å². The molecule has 0 atom stereocenters. The highest BCUT2D eigenvalue weighted by molar-refractivity contribution is 7.95. The molecule has 0 spiro atoms. The van der Waals surface area contributed by atoms with E-state index < -0.39 is 9.84 Å². The average molecular weight is 249 g/mol. The van der Waals surface area contributed by atoms with E-state index in [4.69, 9.17) is 5.53 Å². The largest absolute Gasteiger partial charge is 0.218 e. The lowest BCUT2D eigenvalue weighted by Crippen LogP contribution is -2.05. The van der Waals surface area contributed by atoms with Crippen LogP contribution in [0.15, 0.2) is 57.6 Å². The summed E-state index contributed by atoms with van der Waals surface area (Å²) in [6, 6.07) is 8.01. The van der Waals surface area contributed by atoms with Crippen molar-refractivity contribution in [1.29, 1.82) is 0 Å². The third-order valence-electron chi connectivity index (χ3n) is 2.08. The minimum Gasteiger partial charge on any atom is -0.218 e. The standard InChI is InChI=1S/C11H11N3O2S/c1-2-10(8-9-13-14-12)17(15,16)11-6-4-3-5-7-11/h3-7H,1,8-9H2. The van der Waals surface area contributed by atoms with Gasteiger partial charge in [0.15, 0.2) is 0 Å². The van der Waals surface area contributed by atoms with Crippen molar-refractivity contribution in [3.05, 3.63) is 58.0 Å². The molecule has 0 saturated carbocycles. The normalized spacial score (nSPS) is 10.1. The number of benzene rings is 1. The van der Waals surface area contributed by atoms with Crippen LogP contribution in [0.25, 0.3) is 10.4 Å². The number of nitrogens with zero attached hydrogens (tertiary/aromatic N) is 3. The maximum Gasteiger partial charge on any atom is 0.209 e. The number of hydrogen-bond acceptors (Lipinski definition) is 3. The second-order valence-electron chi connectivity index (χ2n) is 3.12. The van der Waals surface area contributed by atoms with Crippen LogP contribution in [0.1, 0.15) is 6.42 Å². The molecule has 17 heavy (non-hydrogen) atoms. The van der Waals surface area contributed by atoms with E-state index in [2.05, 4.69) is 22.3 Å². The monoisotopic (exact) mass is 249 g/mol. The molecule has 0 heterocycles. The molecule has 0 aliphatic carbocycles. The van der Waals surface area contributed by atoms with Crippen molar-refractivity contribution >= 4 is 9.84 Å². The Balaban J connectivity index is 3.05. The van der Waals surface area contributed by atoms with Crippen LogP contribution >= 0.6 is 0 Å². The fourth-order valence-electron chi connectivity index (χ4n) is 1.26. The summed E-state index contributed by atoms with van der Waals surface area (Å²) >= 11 is 0. The summed E-state index contributed by atoms with van der Waals surface area (Å²) in [5.74, 6) is 0. The zero-order valence-electron chi connectivity index (χ0n) is 9.07. The summed E-state index contributed by atoms with van der Waals surface area (Å²) in [6.45, 7) is 3.43. The van der Waals surface area contributed by atoms with E-state index in [9.17, 15) is 8.42 Å². The fourth-order valence-corrected chi connectivity index (χ4v) is 2.61. The Morgan fingerprint density at radius 2 is 2.06 bits per heavy atom. The third-order valence-corrected chi connectivity index (χ3v) is 3.97. The van der Waals surface area contributed by atoms with Crippen LogP contribution in [-0.4, -0.2) is 15.0 Å². The first-order chi connectivity index (χ1) is 8.12. The first-order valence-corrected chi connectivity index (χ1v) is 6.31. The molecule has 0 N–H and O–H groups in total. The second-order valence-corrected chi connectivity index (χ2v) is 5.09. The molecule has 6 heteroatoms. The molecule has 1 aromatic rings. The summed E-state index contributed by atoms with van der Waals surface area (Å²) in [6.07, 6.45) is 0.102. The van der Waals surface area contributed by atoms with E-state index in [0.29, 0.717) is 0 Å². The van der Waals surface area contributed by atoms with Crippen molar-refractivity contribution in [2.24, 2.45) is 5.11 Å². The first-order valence-electron chi connectivity index (χ1n) is 4.83. The summed E-state index contributed by atoms with van der Waals surface area (Å²) in [7, 11) is -3.57. The highest BCUT2D eigenvalue weighted by Crippen LogP contribution is 2.20.